The maximum atomic E-state index is 2.45. The van der Waals surface area contributed by atoms with E-state index in [-0.39, 0.29) is 0 Å². The normalized spacial score (nSPS) is 41.7. The Bertz CT molecular complexity index is 107. The van der Waals surface area contributed by atoms with Gasteiger partial charge in [-0.25, -0.2) is 0 Å². The van der Waals surface area contributed by atoms with Crippen LogP contribution in [-0.2, 0) is 0 Å². The van der Waals surface area contributed by atoms with Crippen LogP contribution in [0.15, 0.2) is 0 Å². The van der Waals surface area contributed by atoms with Gasteiger partial charge in [-0.05, 0) is 24.2 Å². The van der Waals surface area contributed by atoms with Gasteiger partial charge in [-0.2, -0.15) is 0 Å². The Morgan fingerprint density at radius 1 is 1.50 bits per heavy atom. The SMILES string of the molecule is CC[C@]1(C)CCC[C@H](C)C1. The predicted octanol–water partition coefficient (Wildman–Crippen LogP) is 3.61. The van der Waals surface area contributed by atoms with Crippen LogP contribution in [0.2, 0.25) is 0 Å². The first kappa shape index (κ1) is 8.10. The van der Waals surface area contributed by atoms with Gasteiger partial charge in [0.05, 0.1) is 0 Å². The lowest BCUT2D eigenvalue weighted by Gasteiger charge is -2.36. The van der Waals surface area contributed by atoms with Gasteiger partial charge in [0.2, 0.25) is 0 Å². The fraction of sp³-hybridized carbons (Fsp3) is 1.00. The first-order valence-corrected chi connectivity index (χ1v) is 4.66. The van der Waals surface area contributed by atoms with Crippen LogP contribution >= 0.6 is 0 Å². The van der Waals surface area contributed by atoms with Crippen LogP contribution in [0, 0.1) is 11.3 Å². The van der Waals surface area contributed by atoms with Crippen molar-refractivity contribution in [2.24, 2.45) is 11.3 Å². The van der Waals surface area contributed by atoms with Crippen molar-refractivity contribution in [1.29, 1.82) is 0 Å². The van der Waals surface area contributed by atoms with Gasteiger partial charge in [0.15, 0.2) is 0 Å². The molecule has 0 aromatic carbocycles. The van der Waals surface area contributed by atoms with Crippen LogP contribution in [0.3, 0.4) is 0 Å². The van der Waals surface area contributed by atoms with Crippen LogP contribution < -0.4 is 0 Å². The molecule has 1 aliphatic carbocycles. The number of hydrogen-bond donors (Lipinski definition) is 0. The average molecular weight is 140 g/mol. The van der Waals surface area contributed by atoms with E-state index in [1.165, 1.54) is 32.1 Å². The van der Waals surface area contributed by atoms with Crippen molar-refractivity contribution in [1.82, 2.24) is 0 Å². The summed E-state index contributed by atoms with van der Waals surface area (Å²) in [6.07, 6.45) is 7.23. The molecule has 0 saturated heterocycles. The summed E-state index contributed by atoms with van der Waals surface area (Å²) in [6, 6.07) is 0. The van der Waals surface area contributed by atoms with Crippen molar-refractivity contribution in [2.75, 3.05) is 0 Å². The van der Waals surface area contributed by atoms with Gasteiger partial charge in [0.25, 0.3) is 0 Å². The zero-order valence-electron chi connectivity index (χ0n) is 7.61. The summed E-state index contributed by atoms with van der Waals surface area (Å²) in [5.74, 6) is 0.985. The van der Waals surface area contributed by atoms with Crippen LogP contribution in [0.4, 0.5) is 0 Å². The lowest BCUT2D eigenvalue weighted by Crippen LogP contribution is -2.23. The van der Waals surface area contributed by atoms with E-state index in [1.54, 1.807) is 0 Å². The van der Waals surface area contributed by atoms with E-state index in [0.29, 0.717) is 5.41 Å². The third kappa shape index (κ3) is 1.74. The fourth-order valence-electron chi connectivity index (χ4n) is 2.24. The van der Waals surface area contributed by atoms with Gasteiger partial charge >= 0.3 is 0 Å². The van der Waals surface area contributed by atoms with Gasteiger partial charge in [0.1, 0.15) is 0 Å². The Morgan fingerprint density at radius 3 is 2.60 bits per heavy atom. The fourth-order valence-corrected chi connectivity index (χ4v) is 2.24. The minimum absolute atomic E-state index is 0.692. The average Bonchev–Trinajstić information content (AvgIpc) is 1.88. The molecule has 0 nitrogen and oxygen atoms in total. The molecule has 0 aromatic heterocycles. The topological polar surface area (TPSA) is 0 Å². The lowest BCUT2D eigenvalue weighted by molar-refractivity contribution is 0.162. The highest BCUT2D eigenvalue weighted by Crippen LogP contribution is 2.40. The summed E-state index contributed by atoms with van der Waals surface area (Å²) >= 11 is 0. The molecule has 2 atom stereocenters. The van der Waals surface area contributed by atoms with Gasteiger partial charge < -0.3 is 0 Å². The third-order valence-electron chi connectivity index (χ3n) is 3.17. The van der Waals surface area contributed by atoms with Crippen molar-refractivity contribution < 1.29 is 0 Å². The van der Waals surface area contributed by atoms with Crippen LogP contribution in [0.5, 0.6) is 0 Å². The lowest BCUT2D eigenvalue weighted by atomic mass is 9.70. The summed E-state index contributed by atoms with van der Waals surface area (Å²) in [5.41, 5.74) is 0.692. The molecular weight excluding hydrogens is 120 g/mol. The van der Waals surface area contributed by atoms with E-state index in [9.17, 15) is 0 Å². The second-order valence-corrected chi connectivity index (χ2v) is 4.37. The first-order chi connectivity index (χ1) is 4.66. The summed E-state index contributed by atoms with van der Waals surface area (Å²) in [7, 11) is 0. The minimum atomic E-state index is 0.692. The van der Waals surface area contributed by atoms with Crippen molar-refractivity contribution in [3.8, 4) is 0 Å². The predicted molar refractivity (Wildman–Crippen MR) is 46.0 cm³/mol. The van der Waals surface area contributed by atoms with Gasteiger partial charge in [-0.15, -0.1) is 0 Å². The molecule has 0 amide bonds. The van der Waals surface area contributed by atoms with Crippen LogP contribution in [0.25, 0.3) is 0 Å². The third-order valence-corrected chi connectivity index (χ3v) is 3.17. The molecular formula is C10H20. The second-order valence-electron chi connectivity index (χ2n) is 4.37. The number of hydrogen-bond acceptors (Lipinski definition) is 0. The van der Waals surface area contributed by atoms with Crippen molar-refractivity contribution in [3.63, 3.8) is 0 Å². The van der Waals surface area contributed by atoms with Crippen LogP contribution in [-0.4, -0.2) is 0 Å². The highest BCUT2D eigenvalue weighted by molar-refractivity contribution is 4.79. The Morgan fingerprint density at radius 2 is 2.20 bits per heavy atom. The smallest absolute Gasteiger partial charge is 0.0326 e. The highest BCUT2D eigenvalue weighted by Gasteiger charge is 2.27. The van der Waals surface area contributed by atoms with Gasteiger partial charge in [-0.3, -0.25) is 0 Å². The summed E-state index contributed by atoms with van der Waals surface area (Å²) in [5, 5.41) is 0. The van der Waals surface area contributed by atoms with E-state index in [1.807, 2.05) is 0 Å². The molecule has 0 spiro atoms. The first-order valence-electron chi connectivity index (χ1n) is 4.66. The molecule has 0 N–H and O–H groups in total. The van der Waals surface area contributed by atoms with Gasteiger partial charge in [-0.1, -0.05) is 40.0 Å². The molecule has 1 rings (SSSR count). The summed E-state index contributed by atoms with van der Waals surface area (Å²) in [4.78, 5) is 0. The monoisotopic (exact) mass is 140 g/mol. The molecule has 0 radical (unpaired) electrons. The van der Waals surface area contributed by atoms with Crippen molar-refractivity contribution in [3.05, 3.63) is 0 Å². The van der Waals surface area contributed by atoms with E-state index >= 15 is 0 Å². The molecule has 1 saturated carbocycles. The van der Waals surface area contributed by atoms with E-state index in [0.717, 1.165) is 5.92 Å². The molecule has 0 aliphatic heterocycles. The number of rotatable bonds is 1. The molecule has 0 heteroatoms. The molecule has 1 fully saturated rings. The Hall–Kier alpha value is 0. The molecule has 60 valence electrons. The van der Waals surface area contributed by atoms with Gasteiger partial charge in [0, 0.05) is 0 Å². The van der Waals surface area contributed by atoms with Crippen LogP contribution in [0.1, 0.15) is 52.9 Å². The molecule has 0 heterocycles. The Kier molecular flexibility index (Phi) is 2.38. The minimum Gasteiger partial charge on any atom is -0.0649 e. The largest absolute Gasteiger partial charge is 0.0649 e. The molecule has 0 aromatic rings. The van der Waals surface area contributed by atoms with Crippen molar-refractivity contribution >= 4 is 0 Å². The second kappa shape index (κ2) is 2.94. The standard InChI is InChI=1S/C10H20/c1-4-10(3)7-5-6-9(2)8-10/h9H,4-8H2,1-3H3/t9-,10+/m0/s1. The maximum absolute atomic E-state index is 2.45. The Labute approximate surface area is 65.0 Å². The highest BCUT2D eigenvalue weighted by atomic mass is 14.3. The quantitative estimate of drug-likeness (QED) is 0.522. The summed E-state index contributed by atoms with van der Waals surface area (Å²) in [6.45, 7) is 7.17. The summed E-state index contributed by atoms with van der Waals surface area (Å²) < 4.78 is 0. The zero-order chi connectivity index (χ0) is 7.61. The zero-order valence-corrected chi connectivity index (χ0v) is 7.61. The Balaban J connectivity index is 2.45. The van der Waals surface area contributed by atoms with Crippen molar-refractivity contribution in [2.45, 2.75) is 52.9 Å². The molecule has 10 heavy (non-hydrogen) atoms. The maximum Gasteiger partial charge on any atom is -0.0326 e. The van der Waals surface area contributed by atoms with E-state index < -0.39 is 0 Å². The van der Waals surface area contributed by atoms with E-state index in [4.69, 9.17) is 0 Å². The molecule has 0 bridgehead atoms. The molecule has 1 aliphatic rings. The molecule has 0 unspecified atom stereocenters. The van der Waals surface area contributed by atoms with E-state index in [2.05, 4.69) is 20.8 Å².